The van der Waals surface area contributed by atoms with E-state index in [9.17, 15) is 10.1 Å². The summed E-state index contributed by atoms with van der Waals surface area (Å²) in [6, 6.07) is 15.5. The van der Waals surface area contributed by atoms with Crippen LogP contribution in [0, 0.1) is 17.0 Å². The summed E-state index contributed by atoms with van der Waals surface area (Å²) in [6.45, 7) is 4.21. The summed E-state index contributed by atoms with van der Waals surface area (Å²) in [4.78, 5) is 12.1. The van der Waals surface area contributed by atoms with E-state index in [1.165, 1.54) is 11.8 Å². The molecule has 0 aliphatic carbocycles. The number of aryl methyl sites for hydroxylation is 1. The average molecular weight is 431 g/mol. The summed E-state index contributed by atoms with van der Waals surface area (Å²) in [7, 11) is 0. The van der Waals surface area contributed by atoms with Gasteiger partial charge in [0.1, 0.15) is 16.8 Å². The lowest BCUT2D eigenvalue weighted by molar-refractivity contribution is -0.479. The van der Waals surface area contributed by atoms with Gasteiger partial charge in [-0.2, -0.15) is 0 Å². The van der Waals surface area contributed by atoms with Gasteiger partial charge in [0.15, 0.2) is 5.16 Å². The van der Waals surface area contributed by atoms with Gasteiger partial charge in [-0.3, -0.25) is 14.7 Å². The molecule has 0 spiro atoms. The van der Waals surface area contributed by atoms with Gasteiger partial charge in [-0.05, 0) is 62.1 Å². The molecule has 0 amide bonds. The van der Waals surface area contributed by atoms with Crippen LogP contribution in [0.5, 0.6) is 5.75 Å². The second kappa shape index (κ2) is 9.80. The number of ether oxygens (including phenoxy) is 1. The monoisotopic (exact) mass is 430 g/mol. The largest absolute Gasteiger partial charge is 0.494 e. The number of hydrogen-bond acceptors (Lipinski definition) is 7. The number of nitrogens with zero attached hydrogens (tertiary/aromatic N) is 4. The van der Waals surface area contributed by atoms with Gasteiger partial charge in [-0.1, -0.05) is 23.9 Å². The van der Waals surface area contributed by atoms with E-state index in [1.54, 1.807) is 11.8 Å². The lowest BCUT2D eigenvalue weighted by atomic mass is 10.1. The van der Waals surface area contributed by atoms with Crippen LogP contribution in [0.4, 0.5) is 0 Å². The molecule has 2 aromatic carbocycles. The Morgan fingerprint density at radius 2 is 1.83 bits per heavy atom. The average Bonchev–Trinajstić information content (AvgIpc) is 3.08. The molecule has 0 radical (unpaired) electrons. The van der Waals surface area contributed by atoms with Gasteiger partial charge in [0, 0.05) is 15.5 Å². The van der Waals surface area contributed by atoms with Crippen LogP contribution in [0.25, 0.3) is 5.69 Å². The van der Waals surface area contributed by atoms with E-state index in [4.69, 9.17) is 4.74 Å². The predicted octanol–water partition coefficient (Wildman–Crippen LogP) is 4.81. The first-order valence-electron chi connectivity index (χ1n) is 9.09. The summed E-state index contributed by atoms with van der Waals surface area (Å²) < 4.78 is 7.41. The highest BCUT2D eigenvalue weighted by Gasteiger charge is 2.23. The molecule has 29 heavy (non-hydrogen) atoms. The van der Waals surface area contributed by atoms with E-state index >= 15 is 0 Å². The lowest BCUT2D eigenvalue weighted by Gasteiger charge is -2.15. The van der Waals surface area contributed by atoms with Gasteiger partial charge in [0.05, 0.1) is 6.61 Å². The van der Waals surface area contributed by atoms with Crippen LogP contribution in [-0.2, 0) is 0 Å². The van der Waals surface area contributed by atoms with Gasteiger partial charge in [0.2, 0.25) is 6.54 Å². The van der Waals surface area contributed by atoms with E-state index in [0.717, 1.165) is 21.9 Å². The molecule has 7 nitrogen and oxygen atoms in total. The van der Waals surface area contributed by atoms with Crippen LogP contribution >= 0.6 is 23.5 Å². The molecule has 0 aliphatic rings. The molecule has 3 rings (SSSR count). The Hall–Kier alpha value is -2.52. The molecule has 0 aliphatic heterocycles. The Morgan fingerprint density at radius 3 is 2.41 bits per heavy atom. The van der Waals surface area contributed by atoms with E-state index in [2.05, 4.69) is 10.2 Å². The van der Waals surface area contributed by atoms with Gasteiger partial charge < -0.3 is 4.74 Å². The fourth-order valence-corrected chi connectivity index (χ4v) is 4.45. The summed E-state index contributed by atoms with van der Waals surface area (Å²) in [5.41, 5.74) is 1.78. The Morgan fingerprint density at radius 1 is 1.14 bits per heavy atom. The first kappa shape index (κ1) is 21.2. The fraction of sp³-hybridized carbons (Fsp3) is 0.300. The minimum atomic E-state index is -0.369. The maximum Gasteiger partial charge on any atom is 0.220 e. The van der Waals surface area contributed by atoms with Gasteiger partial charge in [0.25, 0.3) is 0 Å². The van der Waals surface area contributed by atoms with Crippen molar-refractivity contribution in [1.82, 2.24) is 14.8 Å². The molecule has 1 atom stereocenters. The fourth-order valence-electron chi connectivity index (χ4n) is 2.87. The molecule has 0 fully saturated rings. The third-order valence-electron chi connectivity index (χ3n) is 4.25. The van der Waals surface area contributed by atoms with Crippen LogP contribution in [0.3, 0.4) is 0 Å². The van der Waals surface area contributed by atoms with Gasteiger partial charge >= 0.3 is 0 Å². The van der Waals surface area contributed by atoms with Gasteiger partial charge in [-0.15, -0.1) is 22.0 Å². The molecule has 0 N–H and O–H groups in total. The maximum atomic E-state index is 11.3. The zero-order valence-corrected chi connectivity index (χ0v) is 18.1. The number of thioether (sulfide) groups is 2. The van der Waals surface area contributed by atoms with Crippen molar-refractivity contribution in [1.29, 1.82) is 0 Å². The van der Waals surface area contributed by atoms with Gasteiger partial charge in [-0.25, -0.2) is 0 Å². The van der Waals surface area contributed by atoms with E-state index < -0.39 is 0 Å². The SMILES string of the molecule is CCOc1ccc(-n2c(C)nnc2S[C@H](C[N+](=O)[O-])c2ccc(SC)cc2)cc1. The summed E-state index contributed by atoms with van der Waals surface area (Å²) >= 11 is 2.99. The topological polar surface area (TPSA) is 83.1 Å². The normalized spacial score (nSPS) is 12.0. The molecule has 0 saturated heterocycles. The van der Waals surface area contributed by atoms with Crippen molar-refractivity contribution in [3.05, 3.63) is 70.0 Å². The van der Waals surface area contributed by atoms with Crippen LogP contribution in [0.15, 0.2) is 58.6 Å². The number of hydrogen-bond donors (Lipinski definition) is 0. The summed E-state index contributed by atoms with van der Waals surface area (Å²) in [6.07, 6.45) is 2.00. The Labute approximate surface area is 178 Å². The molecule has 1 aromatic heterocycles. The second-order valence-electron chi connectivity index (χ2n) is 6.19. The second-order valence-corrected chi connectivity index (χ2v) is 8.24. The molecule has 0 saturated carbocycles. The van der Waals surface area contributed by atoms with Crippen molar-refractivity contribution in [3.8, 4) is 11.4 Å². The maximum absolute atomic E-state index is 11.3. The van der Waals surface area contributed by atoms with Crippen molar-refractivity contribution in [2.45, 2.75) is 29.1 Å². The van der Waals surface area contributed by atoms with Crippen molar-refractivity contribution >= 4 is 23.5 Å². The molecule has 152 valence electrons. The van der Waals surface area contributed by atoms with Crippen molar-refractivity contribution in [2.24, 2.45) is 0 Å². The highest BCUT2D eigenvalue weighted by atomic mass is 32.2. The number of rotatable bonds is 9. The molecular formula is C20H22N4O3S2. The highest BCUT2D eigenvalue weighted by molar-refractivity contribution is 7.99. The number of benzene rings is 2. The number of aromatic nitrogens is 3. The van der Waals surface area contributed by atoms with Crippen molar-refractivity contribution in [2.75, 3.05) is 19.4 Å². The van der Waals surface area contributed by atoms with Crippen LogP contribution in [0.1, 0.15) is 23.6 Å². The molecule has 9 heteroatoms. The van der Waals surface area contributed by atoms with Crippen LogP contribution in [-0.4, -0.2) is 39.1 Å². The molecule has 1 heterocycles. The van der Waals surface area contributed by atoms with Crippen molar-refractivity contribution in [3.63, 3.8) is 0 Å². The first-order chi connectivity index (χ1) is 14.0. The zero-order valence-electron chi connectivity index (χ0n) is 16.4. The third kappa shape index (κ3) is 5.30. The zero-order chi connectivity index (χ0) is 20.8. The molecule has 3 aromatic rings. The Bertz CT molecular complexity index is 959. The minimum Gasteiger partial charge on any atom is -0.494 e. The summed E-state index contributed by atoms with van der Waals surface area (Å²) in [5.74, 6) is 1.51. The molecule has 0 unspecified atom stereocenters. The smallest absolute Gasteiger partial charge is 0.220 e. The quantitative estimate of drug-likeness (QED) is 0.274. The van der Waals surface area contributed by atoms with E-state index in [-0.39, 0.29) is 16.7 Å². The van der Waals surface area contributed by atoms with Crippen molar-refractivity contribution < 1.29 is 9.66 Å². The predicted molar refractivity (Wildman–Crippen MR) is 116 cm³/mol. The Balaban J connectivity index is 1.91. The molecule has 0 bridgehead atoms. The van der Waals surface area contributed by atoms with E-state index in [0.29, 0.717) is 17.6 Å². The van der Waals surface area contributed by atoms with Crippen LogP contribution in [0.2, 0.25) is 0 Å². The van der Waals surface area contributed by atoms with E-state index in [1.807, 2.05) is 73.2 Å². The minimum absolute atomic E-state index is 0.196. The first-order valence-corrected chi connectivity index (χ1v) is 11.2. The lowest BCUT2D eigenvalue weighted by Crippen LogP contribution is -2.11. The Kier molecular flexibility index (Phi) is 7.16. The summed E-state index contributed by atoms with van der Waals surface area (Å²) in [5, 5.41) is 20.0. The molecular weight excluding hydrogens is 408 g/mol. The van der Waals surface area contributed by atoms with Crippen LogP contribution < -0.4 is 4.74 Å². The third-order valence-corrected chi connectivity index (χ3v) is 6.18. The number of nitro groups is 1. The highest BCUT2D eigenvalue weighted by Crippen LogP contribution is 2.36. The standard InChI is InChI=1S/C20H22N4O3S2/c1-4-27-17-9-7-16(8-10-17)24-14(2)21-22-20(24)29-19(13-23(25)26)15-5-11-18(28-3)12-6-15/h5-12,19H,4,13H2,1-3H3/t19-/m1/s1.